The Hall–Kier alpha value is -1.92. The summed E-state index contributed by atoms with van der Waals surface area (Å²) < 4.78 is 0. The SMILES string of the molecule is O=C(O)C1=N/N=N\N=N/C=C\1. The average molecular weight is 153 g/mol. The van der Waals surface area contributed by atoms with Crippen molar-refractivity contribution >= 4 is 11.7 Å². The monoisotopic (exact) mass is 153 g/mol. The maximum Gasteiger partial charge on any atom is 0.356 e. The molecule has 7 heteroatoms. The Morgan fingerprint density at radius 2 is 2.18 bits per heavy atom. The van der Waals surface area contributed by atoms with E-state index in [2.05, 4.69) is 25.9 Å². The molecule has 1 rings (SSSR count). The third-order valence-electron chi connectivity index (χ3n) is 0.802. The van der Waals surface area contributed by atoms with Gasteiger partial charge in [0.1, 0.15) is 0 Å². The molecule has 0 aromatic heterocycles. The molecule has 0 radical (unpaired) electrons. The third kappa shape index (κ3) is 2.05. The van der Waals surface area contributed by atoms with E-state index in [1.807, 2.05) is 0 Å². The first-order valence-electron chi connectivity index (χ1n) is 2.58. The van der Waals surface area contributed by atoms with Crippen molar-refractivity contribution in [2.75, 3.05) is 0 Å². The van der Waals surface area contributed by atoms with Crippen LogP contribution < -0.4 is 0 Å². The predicted molar refractivity (Wildman–Crippen MR) is 33.9 cm³/mol. The predicted octanol–water partition coefficient (Wildman–Crippen LogP) is 0.774. The molecular formula is C4H3N5O2. The molecule has 0 aromatic carbocycles. The van der Waals surface area contributed by atoms with Crippen molar-refractivity contribution in [1.29, 1.82) is 0 Å². The second kappa shape index (κ2) is 3.30. The first-order valence-corrected chi connectivity index (χ1v) is 2.58. The molecule has 7 nitrogen and oxygen atoms in total. The standard InChI is InChI=1S/C4H3N5O2/c10-4(11)3-1-2-5-7-9-8-6-3/h1-2H,(H,10,11)/b2-1-,3-1?,5-2?,6-3+,7-5-,8-6?,9-7?,9-8-. The van der Waals surface area contributed by atoms with Gasteiger partial charge in [-0.2, -0.15) is 0 Å². The van der Waals surface area contributed by atoms with Gasteiger partial charge in [-0.1, -0.05) is 0 Å². The third-order valence-corrected chi connectivity index (χ3v) is 0.802. The van der Waals surface area contributed by atoms with E-state index in [1.165, 1.54) is 12.3 Å². The van der Waals surface area contributed by atoms with Crippen LogP contribution in [0.25, 0.3) is 0 Å². The van der Waals surface area contributed by atoms with Gasteiger partial charge in [0.25, 0.3) is 0 Å². The zero-order valence-electron chi connectivity index (χ0n) is 5.25. The molecule has 1 aliphatic rings. The molecule has 56 valence electrons. The lowest BCUT2D eigenvalue weighted by Crippen LogP contribution is -2.08. The van der Waals surface area contributed by atoms with Crippen molar-refractivity contribution in [3.8, 4) is 0 Å². The molecule has 0 amide bonds. The van der Waals surface area contributed by atoms with E-state index in [1.54, 1.807) is 0 Å². The molecular weight excluding hydrogens is 150 g/mol. The van der Waals surface area contributed by atoms with Crippen LogP contribution in [0.3, 0.4) is 0 Å². The number of carboxylic acid groups (broad SMARTS) is 1. The lowest BCUT2D eigenvalue weighted by atomic mass is 10.4. The van der Waals surface area contributed by atoms with E-state index < -0.39 is 5.97 Å². The highest BCUT2D eigenvalue weighted by Gasteiger charge is 2.04. The van der Waals surface area contributed by atoms with E-state index in [4.69, 9.17) is 5.11 Å². The fourth-order valence-electron chi connectivity index (χ4n) is 0.390. The first-order chi connectivity index (χ1) is 5.30. The Morgan fingerprint density at radius 1 is 1.36 bits per heavy atom. The number of rotatable bonds is 1. The van der Waals surface area contributed by atoms with Gasteiger partial charge < -0.3 is 5.11 Å². The maximum atomic E-state index is 10.3. The zero-order chi connectivity index (χ0) is 8.10. The van der Waals surface area contributed by atoms with Gasteiger partial charge in [0.05, 0.1) is 6.20 Å². The van der Waals surface area contributed by atoms with Crippen LogP contribution >= 0.6 is 0 Å². The molecule has 0 atom stereocenters. The molecule has 0 saturated carbocycles. The fourth-order valence-corrected chi connectivity index (χ4v) is 0.390. The van der Waals surface area contributed by atoms with Crippen molar-refractivity contribution in [3.63, 3.8) is 0 Å². The highest BCUT2D eigenvalue weighted by atomic mass is 16.4. The molecule has 0 fully saturated rings. The largest absolute Gasteiger partial charge is 0.476 e. The number of carbonyl (C=O) groups is 1. The van der Waals surface area contributed by atoms with Gasteiger partial charge in [-0.25, -0.2) is 4.79 Å². The molecule has 1 aliphatic heterocycles. The summed E-state index contributed by atoms with van der Waals surface area (Å²) in [6.07, 6.45) is 2.34. The van der Waals surface area contributed by atoms with Gasteiger partial charge in [-0.05, 0) is 21.7 Å². The Bertz CT molecular complexity index is 276. The molecule has 11 heavy (non-hydrogen) atoms. The summed E-state index contributed by atoms with van der Waals surface area (Å²) in [7, 11) is 0. The highest BCUT2D eigenvalue weighted by Crippen LogP contribution is 1.92. The van der Waals surface area contributed by atoms with Crippen LogP contribution in [0.2, 0.25) is 0 Å². The van der Waals surface area contributed by atoms with Crippen LogP contribution in [-0.4, -0.2) is 16.8 Å². The van der Waals surface area contributed by atoms with Crippen LogP contribution in [0, 0.1) is 0 Å². The molecule has 0 aliphatic carbocycles. The van der Waals surface area contributed by atoms with Gasteiger partial charge in [0.2, 0.25) is 0 Å². The molecule has 1 N–H and O–H groups in total. The quantitative estimate of drug-likeness (QED) is 0.601. The molecule has 0 saturated heterocycles. The van der Waals surface area contributed by atoms with E-state index in [-0.39, 0.29) is 5.71 Å². The van der Waals surface area contributed by atoms with Gasteiger partial charge in [-0.3, -0.25) is 0 Å². The number of nitrogens with zero attached hydrogens (tertiary/aromatic N) is 5. The second-order valence-electron chi connectivity index (χ2n) is 1.49. The minimum Gasteiger partial charge on any atom is -0.476 e. The molecule has 0 unspecified atom stereocenters. The molecule has 1 heterocycles. The van der Waals surface area contributed by atoms with Crippen molar-refractivity contribution in [2.45, 2.75) is 0 Å². The Balaban J connectivity index is 2.87. The minimum atomic E-state index is -1.18. The lowest BCUT2D eigenvalue weighted by Gasteiger charge is -1.88. The van der Waals surface area contributed by atoms with Gasteiger partial charge in [0, 0.05) is 0 Å². The maximum absolute atomic E-state index is 10.3. The molecule has 0 spiro atoms. The summed E-state index contributed by atoms with van der Waals surface area (Å²) in [5, 5.41) is 24.1. The van der Waals surface area contributed by atoms with Crippen molar-refractivity contribution in [1.82, 2.24) is 0 Å². The Kier molecular flexibility index (Phi) is 2.16. The van der Waals surface area contributed by atoms with Crippen molar-refractivity contribution in [3.05, 3.63) is 12.3 Å². The molecule has 0 aromatic rings. The van der Waals surface area contributed by atoms with Gasteiger partial charge in [0.15, 0.2) is 5.71 Å². The van der Waals surface area contributed by atoms with E-state index in [0.717, 1.165) is 0 Å². The second-order valence-corrected chi connectivity index (χ2v) is 1.49. The summed E-state index contributed by atoms with van der Waals surface area (Å²) in [6, 6.07) is 0. The number of hydrogen-bond acceptors (Lipinski definition) is 6. The zero-order valence-corrected chi connectivity index (χ0v) is 5.25. The minimum absolute atomic E-state index is 0.229. The van der Waals surface area contributed by atoms with E-state index in [0.29, 0.717) is 0 Å². The smallest absolute Gasteiger partial charge is 0.356 e. The van der Waals surface area contributed by atoms with Crippen LogP contribution in [0.1, 0.15) is 0 Å². The van der Waals surface area contributed by atoms with Crippen molar-refractivity contribution < 1.29 is 9.90 Å². The van der Waals surface area contributed by atoms with Crippen molar-refractivity contribution in [2.24, 2.45) is 25.9 Å². The number of hydrogen-bond donors (Lipinski definition) is 1. The lowest BCUT2D eigenvalue weighted by molar-refractivity contribution is -0.129. The Labute approximate surface area is 60.8 Å². The topological polar surface area (TPSA) is 99.1 Å². The summed E-state index contributed by atoms with van der Waals surface area (Å²) >= 11 is 0. The molecule has 0 bridgehead atoms. The fraction of sp³-hybridized carbons (Fsp3) is 0. The number of aliphatic carboxylic acids is 1. The van der Waals surface area contributed by atoms with Crippen LogP contribution in [0.15, 0.2) is 38.2 Å². The van der Waals surface area contributed by atoms with Crippen LogP contribution in [0.4, 0.5) is 0 Å². The number of carboxylic acids is 1. The first kappa shape index (κ1) is 7.19. The highest BCUT2D eigenvalue weighted by molar-refractivity contribution is 6.40. The van der Waals surface area contributed by atoms with Crippen LogP contribution in [0.5, 0.6) is 0 Å². The summed E-state index contributed by atoms with van der Waals surface area (Å²) in [5.74, 6) is -1.18. The van der Waals surface area contributed by atoms with Gasteiger partial charge in [-0.15, -0.1) is 10.2 Å². The van der Waals surface area contributed by atoms with Crippen LogP contribution in [-0.2, 0) is 4.79 Å². The normalized spacial score (nSPS) is 28.9. The van der Waals surface area contributed by atoms with E-state index >= 15 is 0 Å². The van der Waals surface area contributed by atoms with Gasteiger partial charge >= 0.3 is 5.97 Å². The Morgan fingerprint density at radius 3 is 2.91 bits per heavy atom. The van der Waals surface area contributed by atoms with E-state index in [9.17, 15) is 4.79 Å². The summed E-state index contributed by atoms with van der Waals surface area (Å²) in [6.45, 7) is 0. The summed E-state index contributed by atoms with van der Waals surface area (Å²) in [4.78, 5) is 10.3. The average Bonchev–Trinajstić information content (AvgIpc) is 1.84. The summed E-state index contributed by atoms with van der Waals surface area (Å²) in [5.41, 5.74) is -0.229.